The van der Waals surface area contributed by atoms with Gasteiger partial charge >= 0.3 is 5.97 Å². The molecule has 0 saturated heterocycles. The number of rotatable bonds is 2. The van der Waals surface area contributed by atoms with Crippen molar-refractivity contribution in [1.29, 1.82) is 0 Å². The van der Waals surface area contributed by atoms with E-state index in [-0.39, 0.29) is 17.4 Å². The molecule has 6 heteroatoms. The van der Waals surface area contributed by atoms with Crippen LogP contribution in [0.1, 0.15) is 26.7 Å². The number of hydrogen-bond donors (Lipinski definition) is 1. The molecule has 1 amide bonds. The predicted octanol–water partition coefficient (Wildman–Crippen LogP) is 2.94. The Morgan fingerprint density at radius 2 is 1.95 bits per heavy atom. The van der Waals surface area contributed by atoms with Gasteiger partial charge in [0.25, 0.3) is 5.91 Å². The molecule has 3 rings (SSSR count). The molecule has 20 heavy (non-hydrogen) atoms. The first-order valence-electron chi connectivity index (χ1n) is 5.99. The first-order valence-corrected chi connectivity index (χ1v) is 6.79. The molecule has 0 unspecified atom stereocenters. The molecule has 5 nitrogen and oxygen atoms in total. The van der Waals surface area contributed by atoms with Gasteiger partial charge in [-0.2, -0.15) is 0 Å². The highest BCUT2D eigenvalue weighted by atomic mass is 79.9. The van der Waals surface area contributed by atoms with E-state index in [0.717, 1.165) is 22.1 Å². The van der Waals surface area contributed by atoms with Crippen molar-refractivity contribution in [2.24, 2.45) is 0 Å². The number of carboxylic acids is 1. The topological polar surface area (TPSA) is 70.8 Å². The lowest BCUT2D eigenvalue weighted by Crippen LogP contribution is -2.28. The van der Waals surface area contributed by atoms with Crippen LogP contribution in [0.3, 0.4) is 0 Å². The van der Waals surface area contributed by atoms with Crippen molar-refractivity contribution in [3.63, 3.8) is 0 Å². The SMILES string of the molecule is O=C(O)c1ccc(C(=O)N2CCc3ccc(Br)cc32)o1. The summed E-state index contributed by atoms with van der Waals surface area (Å²) in [5.74, 6) is -1.71. The second kappa shape index (κ2) is 4.79. The Labute approximate surface area is 122 Å². The molecular formula is C14H10BrNO4. The molecule has 102 valence electrons. The highest BCUT2D eigenvalue weighted by molar-refractivity contribution is 9.10. The van der Waals surface area contributed by atoms with Gasteiger partial charge in [-0.1, -0.05) is 22.0 Å². The number of anilines is 1. The monoisotopic (exact) mass is 335 g/mol. The van der Waals surface area contributed by atoms with Crippen molar-refractivity contribution in [2.45, 2.75) is 6.42 Å². The Hall–Kier alpha value is -2.08. The van der Waals surface area contributed by atoms with E-state index in [2.05, 4.69) is 15.9 Å². The Balaban J connectivity index is 1.93. The molecule has 0 bridgehead atoms. The summed E-state index contributed by atoms with van der Waals surface area (Å²) < 4.78 is 5.95. The van der Waals surface area contributed by atoms with E-state index >= 15 is 0 Å². The van der Waals surface area contributed by atoms with Gasteiger partial charge in [0.05, 0.1) is 0 Å². The summed E-state index contributed by atoms with van der Waals surface area (Å²) in [7, 11) is 0. The van der Waals surface area contributed by atoms with Crippen LogP contribution in [0.25, 0.3) is 0 Å². The minimum absolute atomic E-state index is 0.0372. The summed E-state index contributed by atoms with van der Waals surface area (Å²) >= 11 is 3.38. The highest BCUT2D eigenvalue weighted by Crippen LogP contribution is 2.32. The fourth-order valence-electron chi connectivity index (χ4n) is 2.26. The summed E-state index contributed by atoms with van der Waals surface area (Å²) in [5, 5.41) is 8.81. The van der Waals surface area contributed by atoms with Crippen molar-refractivity contribution >= 4 is 33.5 Å². The third-order valence-electron chi connectivity index (χ3n) is 3.22. The average Bonchev–Trinajstić information content (AvgIpc) is 3.04. The van der Waals surface area contributed by atoms with Gasteiger partial charge < -0.3 is 14.4 Å². The van der Waals surface area contributed by atoms with Crippen LogP contribution in [-0.4, -0.2) is 23.5 Å². The lowest BCUT2D eigenvalue weighted by molar-refractivity contribution is 0.0660. The molecule has 0 atom stereocenters. The number of benzene rings is 1. The van der Waals surface area contributed by atoms with Gasteiger partial charge in [-0.05, 0) is 36.2 Å². The maximum Gasteiger partial charge on any atom is 0.371 e. The summed E-state index contributed by atoms with van der Waals surface area (Å²) in [4.78, 5) is 24.8. The number of amides is 1. The van der Waals surface area contributed by atoms with E-state index in [1.165, 1.54) is 12.1 Å². The van der Waals surface area contributed by atoms with Crippen LogP contribution in [0, 0.1) is 0 Å². The van der Waals surface area contributed by atoms with Crippen LogP contribution < -0.4 is 4.90 Å². The van der Waals surface area contributed by atoms with E-state index < -0.39 is 5.97 Å². The number of carboxylic acid groups (broad SMARTS) is 1. The minimum atomic E-state index is -1.19. The van der Waals surface area contributed by atoms with Crippen molar-refractivity contribution in [3.05, 3.63) is 51.9 Å². The van der Waals surface area contributed by atoms with E-state index in [0.29, 0.717) is 6.54 Å². The second-order valence-electron chi connectivity index (χ2n) is 4.45. The highest BCUT2D eigenvalue weighted by Gasteiger charge is 2.28. The quantitative estimate of drug-likeness (QED) is 0.915. The molecule has 1 aliphatic heterocycles. The molecule has 0 radical (unpaired) electrons. The van der Waals surface area contributed by atoms with E-state index in [4.69, 9.17) is 9.52 Å². The molecule has 2 aromatic rings. The first kappa shape index (κ1) is 12.9. The summed E-state index contributed by atoms with van der Waals surface area (Å²) in [6.07, 6.45) is 0.779. The number of halogens is 1. The smallest absolute Gasteiger partial charge is 0.371 e. The van der Waals surface area contributed by atoms with Gasteiger partial charge in [0, 0.05) is 16.7 Å². The molecule has 0 fully saturated rings. The van der Waals surface area contributed by atoms with Crippen LogP contribution in [0.2, 0.25) is 0 Å². The standard InChI is InChI=1S/C14H10BrNO4/c15-9-2-1-8-5-6-16(10(8)7-9)13(17)11-3-4-12(20-11)14(18)19/h1-4,7H,5-6H2,(H,18,19). The zero-order valence-electron chi connectivity index (χ0n) is 10.3. The molecule has 0 aliphatic carbocycles. The molecule has 1 aromatic heterocycles. The van der Waals surface area contributed by atoms with Crippen LogP contribution in [0.4, 0.5) is 5.69 Å². The van der Waals surface area contributed by atoms with Crippen LogP contribution in [0.5, 0.6) is 0 Å². The third-order valence-corrected chi connectivity index (χ3v) is 3.71. The zero-order valence-corrected chi connectivity index (χ0v) is 11.9. The van der Waals surface area contributed by atoms with Crippen molar-refractivity contribution in [3.8, 4) is 0 Å². The van der Waals surface area contributed by atoms with Crippen LogP contribution in [-0.2, 0) is 6.42 Å². The molecular weight excluding hydrogens is 326 g/mol. The van der Waals surface area contributed by atoms with Gasteiger partial charge in [0.1, 0.15) is 0 Å². The van der Waals surface area contributed by atoms with Crippen molar-refractivity contribution in [2.75, 3.05) is 11.4 Å². The van der Waals surface area contributed by atoms with Crippen LogP contribution >= 0.6 is 15.9 Å². The lowest BCUT2D eigenvalue weighted by atomic mass is 10.2. The first-order chi connectivity index (χ1) is 9.56. The Morgan fingerprint density at radius 1 is 1.20 bits per heavy atom. The minimum Gasteiger partial charge on any atom is -0.475 e. The largest absolute Gasteiger partial charge is 0.475 e. The molecule has 1 aromatic carbocycles. The van der Waals surface area contributed by atoms with Gasteiger partial charge in [-0.15, -0.1) is 0 Å². The number of carbonyl (C=O) groups excluding carboxylic acids is 1. The second-order valence-corrected chi connectivity index (χ2v) is 5.36. The number of hydrogen-bond acceptors (Lipinski definition) is 3. The molecule has 0 saturated carbocycles. The van der Waals surface area contributed by atoms with Crippen LogP contribution in [0.15, 0.2) is 39.2 Å². The summed E-state index contributed by atoms with van der Waals surface area (Å²) in [6, 6.07) is 8.45. The average molecular weight is 336 g/mol. The Kier molecular flexibility index (Phi) is 3.10. The zero-order chi connectivity index (χ0) is 14.3. The molecule has 0 spiro atoms. The van der Waals surface area contributed by atoms with Gasteiger partial charge in [-0.3, -0.25) is 4.79 Å². The van der Waals surface area contributed by atoms with E-state index in [1.807, 2.05) is 18.2 Å². The Morgan fingerprint density at radius 3 is 2.65 bits per heavy atom. The molecule has 1 aliphatic rings. The maximum atomic E-state index is 12.4. The van der Waals surface area contributed by atoms with Crippen molar-refractivity contribution < 1.29 is 19.1 Å². The van der Waals surface area contributed by atoms with Gasteiger partial charge in [0.15, 0.2) is 5.76 Å². The summed E-state index contributed by atoms with van der Waals surface area (Å²) in [5.41, 5.74) is 1.92. The molecule has 1 N–H and O–H groups in total. The number of nitrogens with zero attached hydrogens (tertiary/aromatic N) is 1. The predicted molar refractivity (Wildman–Crippen MR) is 75.2 cm³/mol. The number of carbonyl (C=O) groups is 2. The van der Waals surface area contributed by atoms with Crippen molar-refractivity contribution in [1.82, 2.24) is 0 Å². The van der Waals surface area contributed by atoms with E-state index in [1.54, 1.807) is 4.90 Å². The maximum absolute atomic E-state index is 12.4. The normalized spacial score (nSPS) is 13.3. The van der Waals surface area contributed by atoms with Gasteiger partial charge in [-0.25, -0.2) is 4.79 Å². The Bertz CT molecular complexity index is 707. The third kappa shape index (κ3) is 2.12. The number of aromatic carboxylic acids is 1. The van der Waals surface area contributed by atoms with E-state index in [9.17, 15) is 9.59 Å². The number of furan rings is 1. The lowest BCUT2D eigenvalue weighted by Gasteiger charge is -2.15. The fraction of sp³-hybridized carbons (Fsp3) is 0.143. The van der Waals surface area contributed by atoms with Gasteiger partial charge in [0.2, 0.25) is 5.76 Å². The fourth-order valence-corrected chi connectivity index (χ4v) is 2.61. The molecule has 2 heterocycles. The summed E-state index contributed by atoms with van der Waals surface area (Å²) in [6.45, 7) is 0.563. The number of fused-ring (bicyclic) bond motifs is 1.